The lowest BCUT2D eigenvalue weighted by atomic mass is 9.79. The summed E-state index contributed by atoms with van der Waals surface area (Å²) < 4.78 is 0. The number of anilines is 1. The molecule has 1 aromatic rings. The van der Waals surface area contributed by atoms with Gasteiger partial charge in [0.25, 0.3) is 0 Å². The monoisotopic (exact) mass is 419 g/mol. The molecule has 1 saturated heterocycles. The Kier molecular flexibility index (Phi) is 7.91. The first-order chi connectivity index (χ1) is 14.5. The summed E-state index contributed by atoms with van der Waals surface area (Å²) >= 11 is 0. The van der Waals surface area contributed by atoms with Gasteiger partial charge in [0, 0.05) is 35.9 Å². The van der Waals surface area contributed by atoms with E-state index in [2.05, 4.69) is 79.9 Å². The lowest BCUT2D eigenvalue weighted by Crippen LogP contribution is -2.62. The molecule has 2 rings (SSSR count). The first-order valence-electron chi connectivity index (χ1n) is 10.7. The van der Waals surface area contributed by atoms with E-state index < -0.39 is 0 Å². The molecule has 0 atom stereocenters. The standard InChI is InChI=1S/C26H37N5/c1-10-13-20(22(11-2)27-12-3)16-19(4)23-14-15-24(29-28-23)31(9)21-17-25(5,6)30-26(7,8)18-21/h10-16,21,30H,1-3,17-18H2,4-9H3/b19-16+,20-13-,27-22-. The molecule has 1 N–H and O–H groups in total. The van der Waals surface area contributed by atoms with Gasteiger partial charge in [-0.1, -0.05) is 31.9 Å². The van der Waals surface area contributed by atoms with E-state index in [0.717, 1.165) is 41.2 Å². The van der Waals surface area contributed by atoms with Crippen molar-refractivity contribution >= 4 is 17.1 Å². The maximum atomic E-state index is 4.53. The third-order valence-electron chi connectivity index (χ3n) is 5.52. The summed E-state index contributed by atoms with van der Waals surface area (Å²) in [6.07, 6.45) is 10.9. The van der Waals surface area contributed by atoms with Crippen molar-refractivity contribution in [3.63, 3.8) is 0 Å². The molecule has 0 amide bonds. The molecule has 31 heavy (non-hydrogen) atoms. The molecule has 5 nitrogen and oxygen atoms in total. The molecule has 0 aromatic carbocycles. The Morgan fingerprint density at radius 3 is 2.26 bits per heavy atom. The average molecular weight is 420 g/mol. The summed E-state index contributed by atoms with van der Waals surface area (Å²) in [6, 6.07) is 4.46. The van der Waals surface area contributed by atoms with Crippen molar-refractivity contribution in [3.05, 3.63) is 73.6 Å². The van der Waals surface area contributed by atoms with Crippen LogP contribution < -0.4 is 10.2 Å². The molecule has 0 aliphatic carbocycles. The SMILES string of the molecule is C=C/C=C(/C=C(\C)c1ccc(N(C)C2CC(C)(C)NC(C)(C)C2)nn1)C(\C=C)=N/C=C. The molecule has 1 aromatic heterocycles. The fourth-order valence-corrected chi connectivity index (χ4v) is 4.44. The zero-order valence-electron chi connectivity index (χ0n) is 19.9. The van der Waals surface area contributed by atoms with Crippen LogP contribution in [0, 0.1) is 0 Å². The number of nitrogens with zero attached hydrogens (tertiary/aromatic N) is 4. The van der Waals surface area contributed by atoms with Crippen LogP contribution in [0.4, 0.5) is 5.82 Å². The Labute approximate surface area is 188 Å². The maximum absolute atomic E-state index is 4.53. The molecular weight excluding hydrogens is 382 g/mol. The summed E-state index contributed by atoms with van der Waals surface area (Å²) in [5.41, 5.74) is 3.59. The van der Waals surface area contributed by atoms with Crippen LogP contribution in [-0.4, -0.2) is 40.1 Å². The van der Waals surface area contributed by atoms with Crippen LogP contribution in [0.25, 0.3) is 5.57 Å². The molecule has 1 aliphatic heterocycles. The van der Waals surface area contributed by atoms with Gasteiger partial charge in [-0.25, -0.2) is 0 Å². The minimum Gasteiger partial charge on any atom is -0.355 e. The summed E-state index contributed by atoms with van der Waals surface area (Å²) in [6.45, 7) is 22.4. The number of hydrogen-bond acceptors (Lipinski definition) is 5. The molecule has 0 saturated carbocycles. The van der Waals surface area contributed by atoms with Gasteiger partial charge in [-0.05, 0) is 77.3 Å². The lowest BCUT2D eigenvalue weighted by Gasteiger charge is -2.49. The van der Waals surface area contributed by atoms with Gasteiger partial charge in [0.15, 0.2) is 5.82 Å². The Morgan fingerprint density at radius 1 is 1.13 bits per heavy atom. The molecule has 0 bridgehead atoms. The zero-order chi connectivity index (χ0) is 23.2. The van der Waals surface area contributed by atoms with Gasteiger partial charge in [0.05, 0.1) is 11.4 Å². The maximum Gasteiger partial charge on any atom is 0.151 e. The molecule has 5 heteroatoms. The molecule has 1 fully saturated rings. The van der Waals surface area contributed by atoms with Crippen LogP contribution in [0.2, 0.25) is 0 Å². The van der Waals surface area contributed by atoms with Crippen molar-refractivity contribution in [1.82, 2.24) is 15.5 Å². The lowest BCUT2D eigenvalue weighted by molar-refractivity contribution is 0.160. The fraction of sp³-hybridized carbons (Fsp3) is 0.423. The van der Waals surface area contributed by atoms with Gasteiger partial charge in [-0.2, -0.15) is 0 Å². The highest BCUT2D eigenvalue weighted by atomic mass is 15.3. The van der Waals surface area contributed by atoms with E-state index in [1.165, 1.54) is 6.20 Å². The minimum absolute atomic E-state index is 0.0805. The van der Waals surface area contributed by atoms with Crippen molar-refractivity contribution in [1.29, 1.82) is 0 Å². The average Bonchev–Trinajstić information content (AvgIpc) is 2.69. The third-order valence-corrected chi connectivity index (χ3v) is 5.52. The van der Waals surface area contributed by atoms with E-state index in [1.807, 2.05) is 31.2 Å². The largest absolute Gasteiger partial charge is 0.355 e. The van der Waals surface area contributed by atoms with Crippen molar-refractivity contribution in [2.75, 3.05) is 11.9 Å². The number of aromatic nitrogens is 2. The summed E-state index contributed by atoms with van der Waals surface area (Å²) in [7, 11) is 2.11. The molecule has 1 aliphatic rings. The second-order valence-corrected chi connectivity index (χ2v) is 9.43. The molecular formula is C26H37N5. The van der Waals surface area contributed by atoms with Crippen molar-refractivity contribution in [3.8, 4) is 0 Å². The van der Waals surface area contributed by atoms with E-state index in [4.69, 9.17) is 0 Å². The van der Waals surface area contributed by atoms with Crippen LogP contribution >= 0.6 is 0 Å². The van der Waals surface area contributed by atoms with Gasteiger partial charge >= 0.3 is 0 Å². The van der Waals surface area contributed by atoms with Gasteiger partial charge in [-0.15, -0.1) is 10.2 Å². The first-order valence-corrected chi connectivity index (χ1v) is 10.7. The van der Waals surface area contributed by atoms with Crippen molar-refractivity contribution in [2.45, 2.75) is 64.6 Å². The van der Waals surface area contributed by atoms with E-state index in [9.17, 15) is 0 Å². The Morgan fingerprint density at radius 2 is 1.77 bits per heavy atom. The van der Waals surface area contributed by atoms with E-state index >= 15 is 0 Å². The Hall–Kier alpha value is -2.79. The minimum atomic E-state index is 0.0805. The number of nitrogens with one attached hydrogen (secondary N) is 1. The normalized spacial score (nSPS) is 19.6. The summed E-state index contributed by atoms with van der Waals surface area (Å²) in [5.74, 6) is 0.886. The molecule has 166 valence electrons. The van der Waals surface area contributed by atoms with E-state index in [-0.39, 0.29) is 11.1 Å². The van der Waals surface area contributed by atoms with E-state index in [0.29, 0.717) is 6.04 Å². The van der Waals surface area contributed by atoms with Crippen LogP contribution in [0.3, 0.4) is 0 Å². The number of piperidine rings is 1. The topological polar surface area (TPSA) is 53.4 Å². The van der Waals surface area contributed by atoms with Gasteiger partial charge in [-0.3, -0.25) is 4.99 Å². The van der Waals surface area contributed by atoms with Crippen molar-refractivity contribution in [2.24, 2.45) is 4.99 Å². The Bertz CT molecular complexity index is 884. The fourth-order valence-electron chi connectivity index (χ4n) is 4.44. The van der Waals surface area contributed by atoms with Crippen LogP contribution in [0.15, 0.2) is 72.9 Å². The molecule has 0 spiro atoms. The van der Waals surface area contributed by atoms with Gasteiger partial charge < -0.3 is 10.2 Å². The third kappa shape index (κ3) is 6.59. The quantitative estimate of drug-likeness (QED) is 0.446. The molecule has 0 unspecified atom stereocenters. The number of aliphatic imine (C=N–C) groups is 1. The Balaban J connectivity index is 2.25. The second-order valence-electron chi connectivity index (χ2n) is 9.43. The highest BCUT2D eigenvalue weighted by molar-refractivity contribution is 6.11. The molecule has 0 radical (unpaired) electrons. The van der Waals surface area contributed by atoms with Crippen LogP contribution in [-0.2, 0) is 0 Å². The van der Waals surface area contributed by atoms with Crippen LogP contribution in [0.1, 0.15) is 53.2 Å². The second kappa shape index (κ2) is 10.0. The number of allylic oxidation sites excluding steroid dienone is 6. The highest BCUT2D eigenvalue weighted by Gasteiger charge is 2.39. The summed E-state index contributed by atoms with van der Waals surface area (Å²) in [4.78, 5) is 6.53. The van der Waals surface area contributed by atoms with E-state index in [1.54, 1.807) is 12.2 Å². The number of hydrogen-bond donors (Lipinski definition) is 1. The smallest absolute Gasteiger partial charge is 0.151 e. The van der Waals surface area contributed by atoms with Crippen molar-refractivity contribution < 1.29 is 0 Å². The summed E-state index contributed by atoms with van der Waals surface area (Å²) in [5, 5.41) is 12.8. The predicted octanol–water partition coefficient (Wildman–Crippen LogP) is 5.51. The predicted molar refractivity (Wildman–Crippen MR) is 135 cm³/mol. The highest BCUT2D eigenvalue weighted by Crippen LogP contribution is 2.32. The number of rotatable bonds is 8. The van der Waals surface area contributed by atoms with Gasteiger partial charge in [0.1, 0.15) is 0 Å². The first kappa shape index (κ1) is 24.5. The van der Waals surface area contributed by atoms with Crippen LogP contribution in [0.5, 0.6) is 0 Å². The molecule has 2 heterocycles. The van der Waals surface area contributed by atoms with Gasteiger partial charge in [0.2, 0.25) is 0 Å². The zero-order valence-corrected chi connectivity index (χ0v) is 19.9.